The summed E-state index contributed by atoms with van der Waals surface area (Å²) in [5, 5.41) is 7.27. The van der Waals surface area contributed by atoms with Crippen LogP contribution in [0.4, 0.5) is 0 Å². The van der Waals surface area contributed by atoms with Gasteiger partial charge in [0.1, 0.15) is 24.7 Å². The predicted molar refractivity (Wildman–Crippen MR) is 80.1 cm³/mol. The van der Waals surface area contributed by atoms with E-state index in [9.17, 15) is 0 Å². The average Bonchev–Trinajstić information content (AvgIpc) is 2.96. The van der Waals surface area contributed by atoms with Crippen molar-refractivity contribution in [2.24, 2.45) is 0 Å². The largest absolute Gasteiger partial charge is 0.487 e. The zero-order valence-electron chi connectivity index (χ0n) is 12.8. The van der Waals surface area contributed by atoms with E-state index in [0.29, 0.717) is 19.0 Å². The Kier molecular flexibility index (Phi) is 5.78. The molecular formula is C16H22N2O3. The van der Waals surface area contributed by atoms with Crippen LogP contribution in [0.25, 0.3) is 0 Å². The van der Waals surface area contributed by atoms with Crippen LogP contribution in [0.3, 0.4) is 0 Å². The van der Waals surface area contributed by atoms with Crippen LogP contribution in [-0.2, 0) is 18.0 Å². The van der Waals surface area contributed by atoms with Crippen LogP contribution in [0.1, 0.15) is 36.4 Å². The molecule has 114 valence electrons. The highest BCUT2D eigenvalue weighted by molar-refractivity contribution is 5.36. The van der Waals surface area contributed by atoms with Crippen molar-refractivity contribution >= 4 is 0 Å². The normalized spacial score (nSPS) is 12.3. The van der Waals surface area contributed by atoms with Crippen molar-refractivity contribution in [3.05, 3.63) is 47.3 Å². The minimum absolute atomic E-state index is 0.280. The van der Waals surface area contributed by atoms with Gasteiger partial charge in [0.25, 0.3) is 0 Å². The van der Waals surface area contributed by atoms with E-state index in [-0.39, 0.29) is 6.04 Å². The van der Waals surface area contributed by atoms with Crippen molar-refractivity contribution in [2.75, 3.05) is 14.2 Å². The number of hydrogen-bond acceptors (Lipinski definition) is 5. The van der Waals surface area contributed by atoms with E-state index in [1.807, 2.05) is 31.3 Å². The van der Waals surface area contributed by atoms with E-state index >= 15 is 0 Å². The fourth-order valence-electron chi connectivity index (χ4n) is 2.27. The Morgan fingerprint density at radius 3 is 2.81 bits per heavy atom. The van der Waals surface area contributed by atoms with Crippen molar-refractivity contribution in [3.63, 3.8) is 0 Å². The summed E-state index contributed by atoms with van der Waals surface area (Å²) >= 11 is 0. The molecule has 21 heavy (non-hydrogen) atoms. The lowest BCUT2D eigenvalue weighted by atomic mass is 10.0. The van der Waals surface area contributed by atoms with Gasteiger partial charge in [-0.05, 0) is 19.5 Å². The fraction of sp³-hybridized carbons (Fsp3) is 0.438. The van der Waals surface area contributed by atoms with Crippen molar-refractivity contribution in [3.8, 4) is 5.75 Å². The van der Waals surface area contributed by atoms with Gasteiger partial charge in [0.15, 0.2) is 5.76 Å². The van der Waals surface area contributed by atoms with Crippen LogP contribution < -0.4 is 10.1 Å². The van der Waals surface area contributed by atoms with Crippen molar-refractivity contribution in [2.45, 2.75) is 32.6 Å². The number of rotatable bonds is 8. The van der Waals surface area contributed by atoms with Gasteiger partial charge in [0, 0.05) is 24.8 Å². The van der Waals surface area contributed by atoms with E-state index in [4.69, 9.17) is 14.0 Å². The summed E-state index contributed by atoms with van der Waals surface area (Å²) in [6, 6.07) is 10.2. The Balaban J connectivity index is 2.05. The van der Waals surface area contributed by atoms with Crippen molar-refractivity contribution in [1.82, 2.24) is 10.5 Å². The molecule has 1 aromatic heterocycles. The smallest absolute Gasteiger partial charge is 0.162 e. The SMILES string of the molecule is CCC(NC)c1ccccc1OCc1cc(COC)on1. The van der Waals surface area contributed by atoms with Crippen LogP contribution in [0.15, 0.2) is 34.9 Å². The summed E-state index contributed by atoms with van der Waals surface area (Å²) in [6.45, 7) is 2.94. The van der Waals surface area contributed by atoms with Gasteiger partial charge in [0.05, 0.1) is 0 Å². The fourth-order valence-corrected chi connectivity index (χ4v) is 2.27. The number of nitrogens with one attached hydrogen (secondary N) is 1. The first-order chi connectivity index (χ1) is 10.3. The minimum atomic E-state index is 0.280. The topological polar surface area (TPSA) is 56.5 Å². The van der Waals surface area contributed by atoms with E-state index in [1.165, 1.54) is 0 Å². The number of methoxy groups -OCH3 is 1. The molecule has 1 N–H and O–H groups in total. The predicted octanol–water partition coefficient (Wildman–Crippen LogP) is 3.07. The van der Waals surface area contributed by atoms with E-state index in [2.05, 4.69) is 23.5 Å². The molecule has 1 aromatic carbocycles. The molecular weight excluding hydrogens is 268 g/mol. The molecule has 0 aliphatic rings. The van der Waals surface area contributed by atoms with Gasteiger partial charge >= 0.3 is 0 Å². The Hall–Kier alpha value is -1.85. The number of para-hydroxylation sites is 1. The van der Waals surface area contributed by atoms with Crippen LogP contribution >= 0.6 is 0 Å². The van der Waals surface area contributed by atoms with Gasteiger partial charge in [-0.25, -0.2) is 0 Å². The van der Waals surface area contributed by atoms with Crippen LogP contribution in [0.5, 0.6) is 5.75 Å². The molecule has 1 heterocycles. The molecule has 5 heteroatoms. The van der Waals surface area contributed by atoms with Gasteiger partial charge in [-0.3, -0.25) is 0 Å². The maximum Gasteiger partial charge on any atom is 0.162 e. The first-order valence-corrected chi connectivity index (χ1v) is 7.10. The van der Waals surface area contributed by atoms with Crippen LogP contribution in [0.2, 0.25) is 0 Å². The van der Waals surface area contributed by atoms with Gasteiger partial charge in [-0.1, -0.05) is 30.3 Å². The first kappa shape index (κ1) is 15.5. The van der Waals surface area contributed by atoms with Gasteiger partial charge in [0.2, 0.25) is 0 Å². The quantitative estimate of drug-likeness (QED) is 0.809. The summed E-state index contributed by atoms with van der Waals surface area (Å²) < 4.78 is 16.0. The highest BCUT2D eigenvalue weighted by atomic mass is 16.5. The summed E-state index contributed by atoms with van der Waals surface area (Å²) in [5.41, 5.74) is 1.91. The average molecular weight is 290 g/mol. The molecule has 2 aromatic rings. The summed E-state index contributed by atoms with van der Waals surface area (Å²) in [5.74, 6) is 1.57. The number of ether oxygens (including phenoxy) is 2. The molecule has 0 spiro atoms. The Morgan fingerprint density at radius 1 is 1.29 bits per heavy atom. The molecule has 0 saturated carbocycles. The molecule has 5 nitrogen and oxygen atoms in total. The van der Waals surface area contributed by atoms with Gasteiger partial charge in [-0.15, -0.1) is 0 Å². The molecule has 0 radical (unpaired) electrons. The molecule has 0 saturated heterocycles. The standard InChI is InChI=1S/C16H22N2O3/c1-4-15(17-2)14-7-5-6-8-16(14)20-10-12-9-13(11-19-3)21-18-12/h5-9,15,17H,4,10-11H2,1-3H3. The molecule has 0 bridgehead atoms. The summed E-state index contributed by atoms with van der Waals surface area (Å²) in [4.78, 5) is 0. The monoisotopic (exact) mass is 290 g/mol. The highest BCUT2D eigenvalue weighted by Gasteiger charge is 2.13. The maximum absolute atomic E-state index is 5.90. The third-order valence-corrected chi connectivity index (χ3v) is 3.32. The maximum atomic E-state index is 5.90. The second kappa shape index (κ2) is 7.81. The summed E-state index contributed by atoms with van der Waals surface area (Å²) in [7, 11) is 3.58. The molecule has 0 aliphatic carbocycles. The molecule has 2 rings (SSSR count). The second-order valence-electron chi connectivity index (χ2n) is 4.79. The summed E-state index contributed by atoms with van der Waals surface area (Å²) in [6.07, 6.45) is 0.999. The number of hydrogen-bond donors (Lipinski definition) is 1. The third kappa shape index (κ3) is 4.06. The number of nitrogens with zero attached hydrogens (tertiary/aromatic N) is 1. The third-order valence-electron chi connectivity index (χ3n) is 3.32. The second-order valence-corrected chi connectivity index (χ2v) is 4.79. The lowest BCUT2D eigenvalue weighted by Crippen LogP contribution is -2.16. The number of benzene rings is 1. The van der Waals surface area contributed by atoms with E-state index in [1.54, 1.807) is 7.11 Å². The first-order valence-electron chi connectivity index (χ1n) is 7.10. The molecule has 0 fully saturated rings. The zero-order valence-corrected chi connectivity index (χ0v) is 12.8. The molecule has 0 amide bonds. The van der Waals surface area contributed by atoms with Crippen molar-refractivity contribution in [1.29, 1.82) is 0 Å². The van der Waals surface area contributed by atoms with Crippen molar-refractivity contribution < 1.29 is 14.0 Å². The molecule has 0 aliphatic heterocycles. The van der Waals surface area contributed by atoms with Crippen LogP contribution in [-0.4, -0.2) is 19.3 Å². The Morgan fingerprint density at radius 2 is 2.10 bits per heavy atom. The van der Waals surface area contributed by atoms with E-state index < -0.39 is 0 Å². The van der Waals surface area contributed by atoms with Gasteiger partial charge < -0.3 is 19.3 Å². The molecule has 1 unspecified atom stereocenters. The zero-order chi connectivity index (χ0) is 15.1. The Labute approximate surface area is 125 Å². The highest BCUT2D eigenvalue weighted by Crippen LogP contribution is 2.27. The number of aromatic nitrogens is 1. The lowest BCUT2D eigenvalue weighted by Gasteiger charge is -2.18. The Bertz CT molecular complexity index is 550. The van der Waals surface area contributed by atoms with Gasteiger partial charge in [-0.2, -0.15) is 0 Å². The van der Waals surface area contributed by atoms with E-state index in [0.717, 1.165) is 23.4 Å². The molecule has 1 atom stereocenters. The van der Waals surface area contributed by atoms with Crippen LogP contribution in [0, 0.1) is 0 Å². The minimum Gasteiger partial charge on any atom is -0.487 e. The lowest BCUT2D eigenvalue weighted by molar-refractivity contribution is 0.155.